The summed E-state index contributed by atoms with van der Waals surface area (Å²) >= 11 is 0. The third-order valence-electron chi connectivity index (χ3n) is 3.72. The second-order valence-electron chi connectivity index (χ2n) is 5.52. The van der Waals surface area contributed by atoms with Crippen molar-refractivity contribution in [3.8, 4) is 5.75 Å². The van der Waals surface area contributed by atoms with E-state index in [9.17, 15) is 8.42 Å². The fourth-order valence-corrected chi connectivity index (χ4v) is 3.01. The van der Waals surface area contributed by atoms with Gasteiger partial charge in [-0.25, -0.2) is 13.4 Å². The lowest BCUT2D eigenvalue weighted by molar-refractivity contribution is 0.415. The highest BCUT2D eigenvalue weighted by atomic mass is 32.2. The van der Waals surface area contributed by atoms with Crippen LogP contribution in [-0.4, -0.2) is 26.8 Å². The number of fused-ring (bicyclic) bond motifs is 1. The van der Waals surface area contributed by atoms with Gasteiger partial charge in [0.15, 0.2) is 9.84 Å². The second kappa shape index (κ2) is 6.49. The van der Waals surface area contributed by atoms with E-state index in [1.807, 2.05) is 30.3 Å². The Bertz CT molecular complexity index is 967. The van der Waals surface area contributed by atoms with Gasteiger partial charge < -0.3 is 10.1 Å². The summed E-state index contributed by atoms with van der Waals surface area (Å²) in [6, 6.07) is 16.5. The van der Waals surface area contributed by atoms with Crippen molar-refractivity contribution in [2.45, 2.75) is 11.4 Å². The molecule has 24 heavy (non-hydrogen) atoms. The Balaban J connectivity index is 1.73. The molecule has 0 unspecified atom stereocenters. The van der Waals surface area contributed by atoms with Gasteiger partial charge in [-0.1, -0.05) is 12.1 Å². The van der Waals surface area contributed by atoms with Crippen molar-refractivity contribution in [1.82, 2.24) is 4.98 Å². The van der Waals surface area contributed by atoms with E-state index in [-0.39, 0.29) is 0 Å². The summed E-state index contributed by atoms with van der Waals surface area (Å²) in [4.78, 5) is 4.88. The summed E-state index contributed by atoms with van der Waals surface area (Å²) in [5.41, 5.74) is 1.87. The number of aromatic nitrogens is 1. The lowest BCUT2D eigenvalue weighted by Crippen LogP contribution is -2.02. The third kappa shape index (κ3) is 3.65. The molecule has 1 heterocycles. The van der Waals surface area contributed by atoms with Gasteiger partial charge in [0.05, 0.1) is 17.5 Å². The summed E-state index contributed by atoms with van der Waals surface area (Å²) in [7, 11) is -1.52. The Kier molecular flexibility index (Phi) is 4.40. The van der Waals surface area contributed by atoms with Crippen LogP contribution in [0.25, 0.3) is 10.9 Å². The Labute approximate surface area is 141 Å². The van der Waals surface area contributed by atoms with Crippen molar-refractivity contribution in [2.24, 2.45) is 0 Å². The number of sulfone groups is 1. The van der Waals surface area contributed by atoms with E-state index in [1.165, 1.54) is 6.26 Å². The van der Waals surface area contributed by atoms with Gasteiger partial charge in [0.25, 0.3) is 0 Å². The molecule has 1 aromatic heterocycles. The van der Waals surface area contributed by atoms with Gasteiger partial charge in [0, 0.05) is 18.2 Å². The maximum absolute atomic E-state index is 11.5. The van der Waals surface area contributed by atoms with E-state index in [4.69, 9.17) is 4.74 Å². The van der Waals surface area contributed by atoms with Crippen molar-refractivity contribution < 1.29 is 13.2 Å². The van der Waals surface area contributed by atoms with Crippen LogP contribution in [0.2, 0.25) is 0 Å². The molecule has 124 valence electrons. The van der Waals surface area contributed by atoms with Crippen LogP contribution in [0.5, 0.6) is 5.75 Å². The van der Waals surface area contributed by atoms with Crippen LogP contribution in [0, 0.1) is 0 Å². The molecular formula is C18H18N2O3S. The number of rotatable bonds is 5. The highest BCUT2D eigenvalue weighted by Gasteiger charge is 2.06. The van der Waals surface area contributed by atoms with E-state index in [0.717, 1.165) is 28.0 Å². The zero-order chi connectivity index (χ0) is 17.2. The number of ether oxygens (including phenoxy) is 1. The first-order chi connectivity index (χ1) is 11.5. The number of hydrogen-bond donors (Lipinski definition) is 1. The average molecular weight is 342 g/mol. The minimum absolute atomic E-state index is 0.323. The van der Waals surface area contributed by atoms with Crippen LogP contribution in [0.4, 0.5) is 5.82 Å². The summed E-state index contributed by atoms with van der Waals surface area (Å²) < 4.78 is 28.1. The number of pyridine rings is 1. The average Bonchev–Trinajstić information content (AvgIpc) is 2.59. The molecule has 0 saturated heterocycles. The van der Waals surface area contributed by atoms with Crippen LogP contribution in [0.3, 0.4) is 0 Å². The molecule has 3 aromatic rings. The van der Waals surface area contributed by atoms with Crippen molar-refractivity contribution in [1.29, 1.82) is 0 Å². The Morgan fingerprint density at radius 3 is 2.46 bits per heavy atom. The van der Waals surface area contributed by atoms with Crippen molar-refractivity contribution >= 4 is 26.6 Å². The summed E-state index contributed by atoms with van der Waals surface area (Å²) in [5.74, 6) is 1.57. The van der Waals surface area contributed by atoms with E-state index in [2.05, 4.69) is 10.3 Å². The molecule has 0 aliphatic rings. The SMILES string of the molecule is COc1ccc2nc(NCc3ccc(S(C)(=O)=O)cc3)ccc2c1. The molecule has 1 N–H and O–H groups in total. The van der Waals surface area contributed by atoms with Gasteiger partial charge in [0.2, 0.25) is 0 Å². The number of hydrogen-bond acceptors (Lipinski definition) is 5. The molecule has 5 nitrogen and oxygen atoms in total. The normalized spacial score (nSPS) is 11.4. The molecular weight excluding hydrogens is 324 g/mol. The smallest absolute Gasteiger partial charge is 0.175 e. The highest BCUT2D eigenvalue weighted by molar-refractivity contribution is 7.90. The molecule has 0 radical (unpaired) electrons. The Hall–Kier alpha value is -2.60. The first-order valence-corrected chi connectivity index (χ1v) is 9.32. The van der Waals surface area contributed by atoms with E-state index >= 15 is 0 Å². The number of nitrogens with one attached hydrogen (secondary N) is 1. The van der Waals surface area contributed by atoms with Crippen LogP contribution in [0.15, 0.2) is 59.5 Å². The minimum Gasteiger partial charge on any atom is -0.497 e. The quantitative estimate of drug-likeness (QED) is 0.771. The fourth-order valence-electron chi connectivity index (χ4n) is 2.38. The topological polar surface area (TPSA) is 68.3 Å². The largest absolute Gasteiger partial charge is 0.497 e. The highest BCUT2D eigenvalue weighted by Crippen LogP contribution is 2.21. The van der Waals surface area contributed by atoms with Gasteiger partial charge in [-0.15, -0.1) is 0 Å². The fraction of sp³-hybridized carbons (Fsp3) is 0.167. The molecule has 0 spiro atoms. The third-order valence-corrected chi connectivity index (χ3v) is 4.85. The standard InChI is InChI=1S/C18H18N2O3S/c1-23-15-6-9-17-14(11-15)5-10-18(20-17)19-12-13-3-7-16(8-4-13)24(2,21)22/h3-11H,12H2,1-2H3,(H,19,20). The number of nitrogens with zero attached hydrogens (tertiary/aromatic N) is 1. The first-order valence-electron chi connectivity index (χ1n) is 7.43. The number of methoxy groups -OCH3 is 1. The van der Waals surface area contributed by atoms with E-state index in [0.29, 0.717) is 11.4 Å². The van der Waals surface area contributed by atoms with Crippen LogP contribution >= 0.6 is 0 Å². The van der Waals surface area contributed by atoms with Gasteiger partial charge in [-0.2, -0.15) is 0 Å². The predicted molar refractivity (Wildman–Crippen MR) is 95.2 cm³/mol. The molecule has 2 aromatic carbocycles. The Morgan fingerprint density at radius 1 is 1.04 bits per heavy atom. The van der Waals surface area contributed by atoms with Gasteiger partial charge in [-0.05, 0) is 48.0 Å². The minimum atomic E-state index is -3.16. The molecule has 0 saturated carbocycles. The van der Waals surface area contributed by atoms with Crippen LogP contribution in [0.1, 0.15) is 5.56 Å². The number of benzene rings is 2. The molecule has 0 aliphatic carbocycles. The Morgan fingerprint density at radius 2 is 1.79 bits per heavy atom. The molecule has 0 aliphatic heterocycles. The summed E-state index contributed by atoms with van der Waals surface area (Å²) in [6.45, 7) is 0.568. The lowest BCUT2D eigenvalue weighted by atomic mass is 10.2. The second-order valence-corrected chi connectivity index (χ2v) is 7.54. The molecule has 0 fully saturated rings. The van der Waals surface area contributed by atoms with Crippen molar-refractivity contribution in [3.63, 3.8) is 0 Å². The van der Waals surface area contributed by atoms with Crippen LogP contribution < -0.4 is 10.1 Å². The van der Waals surface area contributed by atoms with Gasteiger partial charge in [-0.3, -0.25) is 0 Å². The zero-order valence-electron chi connectivity index (χ0n) is 13.5. The zero-order valence-corrected chi connectivity index (χ0v) is 14.3. The van der Waals surface area contributed by atoms with Gasteiger partial charge >= 0.3 is 0 Å². The monoisotopic (exact) mass is 342 g/mol. The predicted octanol–water partition coefficient (Wildman–Crippen LogP) is 3.26. The van der Waals surface area contributed by atoms with Crippen molar-refractivity contribution in [3.05, 3.63) is 60.2 Å². The first kappa shape index (κ1) is 16.3. The maximum Gasteiger partial charge on any atom is 0.175 e. The summed E-state index contributed by atoms with van der Waals surface area (Å²) in [5, 5.41) is 4.26. The van der Waals surface area contributed by atoms with Gasteiger partial charge in [0.1, 0.15) is 11.6 Å². The van der Waals surface area contributed by atoms with E-state index < -0.39 is 9.84 Å². The van der Waals surface area contributed by atoms with E-state index in [1.54, 1.807) is 31.4 Å². The maximum atomic E-state index is 11.5. The molecule has 6 heteroatoms. The number of anilines is 1. The lowest BCUT2D eigenvalue weighted by Gasteiger charge is -2.08. The molecule has 3 rings (SSSR count). The van der Waals surface area contributed by atoms with Crippen molar-refractivity contribution in [2.75, 3.05) is 18.7 Å². The molecule has 0 atom stereocenters. The summed E-state index contributed by atoms with van der Waals surface area (Å²) in [6.07, 6.45) is 1.20. The molecule has 0 amide bonds. The molecule has 0 bridgehead atoms. The van der Waals surface area contributed by atoms with Crippen LogP contribution in [-0.2, 0) is 16.4 Å².